The molecule has 0 spiro atoms. The average Bonchev–Trinajstić information content (AvgIpc) is 2.49. The van der Waals surface area contributed by atoms with E-state index in [9.17, 15) is 4.79 Å². The summed E-state index contributed by atoms with van der Waals surface area (Å²) in [7, 11) is 1.90. The van der Waals surface area contributed by atoms with Crippen molar-refractivity contribution < 1.29 is 4.79 Å². The lowest BCUT2D eigenvalue weighted by Gasteiger charge is -2.23. The zero-order valence-electron chi connectivity index (χ0n) is 12.3. The van der Waals surface area contributed by atoms with E-state index >= 15 is 0 Å². The Morgan fingerprint density at radius 2 is 2.00 bits per heavy atom. The van der Waals surface area contributed by atoms with Crippen LogP contribution in [0.2, 0.25) is 0 Å². The maximum absolute atomic E-state index is 12.3. The van der Waals surface area contributed by atoms with Crippen molar-refractivity contribution in [1.82, 2.24) is 9.88 Å². The van der Waals surface area contributed by atoms with Crippen LogP contribution < -0.4 is 11.1 Å². The van der Waals surface area contributed by atoms with Crippen LogP contribution in [0.4, 0.5) is 11.4 Å². The molecule has 3 N–H and O–H groups in total. The molecule has 0 aliphatic carbocycles. The number of nitrogens with zero attached hydrogens (tertiary/aromatic N) is 2. The molecule has 0 radical (unpaired) electrons. The number of carbonyl (C=O) groups excluding carboxylic acids is 1. The minimum atomic E-state index is -0.286. The molecule has 0 saturated carbocycles. The van der Waals surface area contributed by atoms with E-state index < -0.39 is 0 Å². The first-order valence-electron chi connectivity index (χ1n) is 6.83. The van der Waals surface area contributed by atoms with Crippen LogP contribution in [0.3, 0.4) is 0 Å². The number of para-hydroxylation sites is 2. The summed E-state index contributed by atoms with van der Waals surface area (Å²) in [5.41, 5.74) is 7.96. The van der Waals surface area contributed by atoms with Crippen molar-refractivity contribution in [1.29, 1.82) is 0 Å². The van der Waals surface area contributed by atoms with Crippen LogP contribution in [0.15, 0.2) is 48.7 Å². The summed E-state index contributed by atoms with van der Waals surface area (Å²) in [6.45, 7) is 2.47. The lowest BCUT2D eigenvalue weighted by atomic mass is 10.2. The number of pyridine rings is 1. The van der Waals surface area contributed by atoms with E-state index in [1.807, 2.05) is 49.2 Å². The van der Waals surface area contributed by atoms with Crippen molar-refractivity contribution in [3.8, 4) is 0 Å². The number of rotatable bonds is 5. The Bertz CT molecular complexity index is 600. The summed E-state index contributed by atoms with van der Waals surface area (Å²) >= 11 is 0. The third-order valence-corrected chi connectivity index (χ3v) is 3.40. The Morgan fingerprint density at radius 3 is 2.67 bits per heavy atom. The highest BCUT2D eigenvalue weighted by molar-refractivity contribution is 5.96. The molecule has 2 rings (SSSR count). The van der Waals surface area contributed by atoms with Crippen molar-refractivity contribution in [3.05, 3.63) is 54.4 Å². The minimum absolute atomic E-state index is 0.0914. The molecule has 1 heterocycles. The number of amides is 1. The van der Waals surface area contributed by atoms with Gasteiger partial charge in [0, 0.05) is 12.7 Å². The molecule has 0 saturated heterocycles. The Balaban J connectivity index is 1.97. The second-order valence-electron chi connectivity index (χ2n) is 4.99. The van der Waals surface area contributed by atoms with Crippen LogP contribution >= 0.6 is 0 Å². The summed E-state index contributed by atoms with van der Waals surface area (Å²) in [5.74, 6) is -0.0914. The van der Waals surface area contributed by atoms with Crippen LogP contribution in [-0.2, 0) is 11.3 Å². The number of nitrogen functional groups attached to an aromatic ring is 1. The first-order chi connectivity index (χ1) is 10.1. The van der Waals surface area contributed by atoms with Crippen LogP contribution in [0.1, 0.15) is 12.6 Å². The fraction of sp³-hybridized carbons (Fsp3) is 0.250. The van der Waals surface area contributed by atoms with Crippen molar-refractivity contribution >= 4 is 17.3 Å². The molecule has 1 unspecified atom stereocenters. The first kappa shape index (κ1) is 15.0. The van der Waals surface area contributed by atoms with Crippen LogP contribution in [-0.4, -0.2) is 28.9 Å². The van der Waals surface area contributed by atoms with Crippen LogP contribution in [0.25, 0.3) is 0 Å². The van der Waals surface area contributed by atoms with E-state index in [1.165, 1.54) is 0 Å². The summed E-state index contributed by atoms with van der Waals surface area (Å²) in [6.07, 6.45) is 1.75. The number of benzene rings is 1. The maximum atomic E-state index is 12.3. The van der Waals surface area contributed by atoms with E-state index in [2.05, 4.69) is 10.3 Å². The van der Waals surface area contributed by atoms with E-state index in [0.717, 1.165) is 5.69 Å². The second kappa shape index (κ2) is 6.85. The van der Waals surface area contributed by atoms with Gasteiger partial charge in [-0.15, -0.1) is 0 Å². The molecule has 5 nitrogen and oxygen atoms in total. The van der Waals surface area contributed by atoms with Gasteiger partial charge >= 0.3 is 0 Å². The van der Waals surface area contributed by atoms with Crippen molar-refractivity contribution in [2.24, 2.45) is 0 Å². The Hall–Kier alpha value is -2.40. The molecule has 0 aliphatic heterocycles. The van der Waals surface area contributed by atoms with Crippen LogP contribution in [0, 0.1) is 0 Å². The van der Waals surface area contributed by atoms with Gasteiger partial charge in [0.25, 0.3) is 0 Å². The highest BCUT2D eigenvalue weighted by atomic mass is 16.2. The molecule has 110 valence electrons. The van der Waals surface area contributed by atoms with Gasteiger partial charge in [0.15, 0.2) is 0 Å². The largest absolute Gasteiger partial charge is 0.397 e. The molecule has 5 heteroatoms. The lowest BCUT2D eigenvalue weighted by Crippen LogP contribution is -2.39. The number of hydrogen-bond donors (Lipinski definition) is 2. The van der Waals surface area contributed by atoms with E-state index in [4.69, 9.17) is 5.73 Å². The van der Waals surface area contributed by atoms with E-state index in [1.54, 1.807) is 18.3 Å². The molecule has 0 bridgehead atoms. The lowest BCUT2D eigenvalue weighted by molar-refractivity contribution is -0.120. The summed E-state index contributed by atoms with van der Waals surface area (Å²) in [6, 6.07) is 12.7. The van der Waals surface area contributed by atoms with Crippen LogP contribution in [0.5, 0.6) is 0 Å². The van der Waals surface area contributed by atoms with Gasteiger partial charge in [0.05, 0.1) is 23.1 Å². The van der Waals surface area contributed by atoms with Crippen molar-refractivity contribution in [2.75, 3.05) is 18.1 Å². The zero-order valence-corrected chi connectivity index (χ0v) is 12.3. The number of nitrogens with two attached hydrogens (primary N) is 1. The Kier molecular flexibility index (Phi) is 4.90. The number of anilines is 2. The smallest absolute Gasteiger partial charge is 0.241 e. The van der Waals surface area contributed by atoms with Gasteiger partial charge in [-0.2, -0.15) is 0 Å². The van der Waals surface area contributed by atoms with Gasteiger partial charge in [-0.05, 0) is 38.2 Å². The molecule has 1 atom stereocenters. The fourth-order valence-electron chi connectivity index (χ4n) is 1.93. The maximum Gasteiger partial charge on any atom is 0.241 e. The number of likely N-dealkylation sites (N-methyl/N-ethyl adjacent to an activating group) is 1. The Labute approximate surface area is 124 Å². The number of aromatic nitrogens is 1. The van der Waals surface area contributed by atoms with Gasteiger partial charge in [-0.1, -0.05) is 18.2 Å². The first-order valence-corrected chi connectivity index (χ1v) is 6.83. The highest BCUT2D eigenvalue weighted by Gasteiger charge is 2.19. The van der Waals surface area contributed by atoms with Gasteiger partial charge in [-0.3, -0.25) is 14.7 Å². The molecule has 21 heavy (non-hydrogen) atoms. The Morgan fingerprint density at radius 1 is 1.29 bits per heavy atom. The normalized spacial score (nSPS) is 12.1. The third-order valence-electron chi connectivity index (χ3n) is 3.40. The number of carbonyl (C=O) groups is 1. The summed E-state index contributed by atoms with van der Waals surface area (Å²) in [4.78, 5) is 18.5. The monoisotopic (exact) mass is 284 g/mol. The highest BCUT2D eigenvalue weighted by Crippen LogP contribution is 2.17. The van der Waals surface area contributed by atoms with Gasteiger partial charge in [-0.25, -0.2) is 0 Å². The van der Waals surface area contributed by atoms with Crippen molar-refractivity contribution in [2.45, 2.75) is 19.5 Å². The third kappa shape index (κ3) is 4.03. The van der Waals surface area contributed by atoms with E-state index in [-0.39, 0.29) is 11.9 Å². The predicted molar refractivity (Wildman–Crippen MR) is 84.7 cm³/mol. The predicted octanol–water partition coefficient (Wildman–Crippen LogP) is 2.12. The molecule has 1 aromatic carbocycles. The molecular weight excluding hydrogens is 264 g/mol. The molecule has 0 aliphatic rings. The zero-order chi connectivity index (χ0) is 15.2. The quantitative estimate of drug-likeness (QED) is 0.825. The molecule has 1 amide bonds. The average molecular weight is 284 g/mol. The van der Waals surface area contributed by atoms with E-state index in [0.29, 0.717) is 17.9 Å². The second-order valence-corrected chi connectivity index (χ2v) is 4.99. The summed E-state index contributed by atoms with van der Waals surface area (Å²) < 4.78 is 0. The van der Waals surface area contributed by atoms with Gasteiger partial charge < -0.3 is 11.1 Å². The summed E-state index contributed by atoms with van der Waals surface area (Å²) in [5, 5.41) is 2.85. The van der Waals surface area contributed by atoms with Crippen molar-refractivity contribution in [3.63, 3.8) is 0 Å². The standard InChI is InChI=1S/C16H20N4O/c1-12(20(2)11-13-7-5-6-10-18-13)16(21)19-15-9-4-3-8-14(15)17/h3-10,12H,11,17H2,1-2H3,(H,19,21). The molecule has 2 aromatic rings. The molecular formula is C16H20N4O. The number of nitrogens with one attached hydrogen (secondary N) is 1. The fourth-order valence-corrected chi connectivity index (χ4v) is 1.93. The topological polar surface area (TPSA) is 71.2 Å². The SMILES string of the molecule is CC(C(=O)Nc1ccccc1N)N(C)Cc1ccccn1. The van der Waals surface area contributed by atoms with Gasteiger partial charge in [0.2, 0.25) is 5.91 Å². The molecule has 0 fully saturated rings. The minimum Gasteiger partial charge on any atom is -0.397 e. The number of hydrogen-bond acceptors (Lipinski definition) is 4. The van der Waals surface area contributed by atoms with Gasteiger partial charge in [0.1, 0.15) is 0 Å². The molecule has 1 aromatic heterocycles.